The summed E-state index contributed by atoms with van der Waals surface area (Å²) in [6.07, 6.45) is 0. The number of anilines is 1. The van der Waals surface area contributed by atoms with Crippen molar-refractivity contribution in [3.8, 4) is 5.75 Å². The molecule has 5 nitrogen and oxygen atoms in total. The third kappa shape index (κ3) is 3.61. The molecule has 1 rings (SSSR count). The predicted molar refractivity (Wildman–Crippen MR) is 66.8 cm³/mol. The molecule has 1 N–H and O–H groups in total. The standard InChI is InChI=1S/C11H17NO4S/c1-3-12(17(14,15)8-7-16-2)10-5-4-6-11(13)9-10/h4-6,9,13H,3,7-8H2,1-2H3. The molecule has 0 aromatic heterocycles. The second-order valence-corrected chi connectivity index (χ2v) is 5.51. The van der Waals surface area contributed by atoms with Gasteiger partial charge in [-0.25, -0.2) is 8.42 Å². The maximum Gasteiger partial charge on any atom is 0.237 e. The van der Waals surface area contributed by atoms with Gasteiger partial charge in [0.05, 0.1) is 18.0 Å². The van der Waals surface area contributed by atoms with E-state index in [-0.39, 0.29) is 18.1 Å². The molecule has 0 saturated heterocycles. The van der Waals surface area contributed by atoms with Crippen molar-refractivity contribution in [3.05, 3.63) is 24.3 Å². The summed E-state index contributed by atoms with van der Waals surface area (Å²) >= 11 is 0. The van der Waals surface area contributed by atoms with Gasteiger partial charge in [-0.3, -0.25) is 4.31 Å². The number of sulfonamides is 1. The first-order chi connectivity index (χ1) is 8.01. The van der Waals surface area contributed by atoms with Crippen LogP contribution in [0.2, 0.25) is 0 Å². The average Bonchev–Trinajstić information content (AvgIpc) is 2.27. The van der Waals surface area contributed by atoms with Crippen molar-refractivity contribution in [2.45, 2.75) is 6.92 Å². The van der Waals surface area contributed by atoms with Crippen LogP contribution in [0.4, 0.5) is 5.69 Å². The zero-order valence-corrected chi connectivity index (χ0v) is 10.8. The Morgan fingerprint density at radius 1 is 1.41 bits per heavy atom. The summed E-state index contributed by atoms with van der Waals surface area (Å²) in [6, 6.07) is 6.18. The molecule has 0 radical (unpaired) electrons. The molecular weight excluding hydrogens is 242 g/mol. The quantitative estimate of drug-likeness (QED) is 0.833. The zero-order valence-electron chi connectivity index (χ0n) is 9.96. The van der Waals surface area contributed by atoms with Crippen LogP contribution in [0, 0.1) is 0 Å². The molecule has 1 aromatic carbocycles. The van der Waals surface area contributed by atoms with Crippen molar-refractivity contribution in [1.29, 1.82) is 0 Å². The van der Waals surface area contributed by atoms with E-state index in [0.717, 1.165) is 0 Å². The van der Waals surface area contributed by atoms with Crippen molar-refractivity contribution in [2.24, 2.45) is 0 Å². The fraction of sp³-hybridized carbons (Fsp3) is 0.455. The van der Waals surface area contributed by atoms with Crippen molar-refractivity contribution in [1.82, 2.24) is 0 Å². The maximum atomic E-state index is 12.0. The number of methoxy groups -OCH3 is 1. The van der Waals surface area contributed by atoms with Crippen molar-refractivity contribution < 1.29 is 18.3 Å². The number of nitrogens with zero attached hydrogens (tertiary/aromatic N) is 1. The summed E-state index contributed by atoms with van der Waals surface area (Å²) in [6.45, 7) is 2.21. The van der Waals surface area contributed by atoms with Crippen LogP contribution in [-0.2, 0) is 14.8 Å². The van der Waals surface area contributed by atoms with E-state index in [1.807, 2.05) is 0 Å². The summed E-state index contributed by atoms with van der Waals surface area (Å²) in [5.74, 6) is -0.0320. The third-order valence-electron chi connectivity index (χ3n) is 2.29. The van der Waals surface area contributed by atoms with Gasteiger partial charge in [-0.2, -0.15) is 0 Å². The number of aromatic hydroxyl groups is 1. The van der Waals surface area contributed by atoms with Crippen molar-refractivity contribution >= 4 is 15.7 Å². The number of benzene rings is 1. The first-order valence-electron chi connectivity index (χ1n) is 5.29. The van der Waals surface area contributed by atoms with Crippen LogP contribution < -0.4 is 4.31 Å². The van der Waals surface area contributed by atoms with Crippen LogP contribution in [0.1, 0.15) is 6.92 Å². The molecule has 17 heavy (non-hydrogen) atoms. The molecule has 6 heteroatoms. The first-order valence-corrected chi connectivity index (χ1v) is 6.90. The predicted octanol–water partition coefficient (Wildman–Crippen LogP) is 1.19. The van der Waals surface area contributed by atoms with Crippen LogP contribution in [0.25, 0.3) is 0 Å². The maximum absolute atomic E-state index is 12.0. The molecule has 0 spiro atoms. The summed E-state index contributed by atoms with van der Waals surface area (Å²) in [4.78, 5) is 0. The van der Waals surface area contributed by atoms with Gasteiger partial charge in [-0.05, 0) is 19.1 Å². The van der Waals surface area contributed by atoms with E-state index in [4.69, 9.17) is 4.74 Å². The molecule has 0 fully saturated rings. The fourth-order valence-electron chi connectivity index (χ4n) is 1.49. The van der Waals surface area contributed by atoms with Gasteiger partial charge in [-0.15, -0.1) is 0 Å². The SMILES string of the molecule is CCN(c1cccc(O)c1)S(=O)(=O)CCOC. The largest absolute Gasteiger partial charge is 0.508 e. The Balaban J connectivity index is 2.99. The second-order valence-electron chi connectivity index (χ2n) is 3.49. The van der Waals surface area contributed by atoms with E-state index in [2.05, 4.69) is 0 Å². The Bertz CT molecular complexity index is 458. The second kappa shape index (κ2) is 5.88. The highest BCUT2D eigenvalue weighted by atomic mass is 32.2. The number of phenols is 1. The van der Waals surface area contributed by atoms with E-state index < -0.39 is 10.0 Å². The molecule has 0 amide bonds. The van der Waals surface area contributed by atoms with E-state index in [9.17, 15) is 13.5 Å². The molecule has 0 bridgehead atoms. The Labute approximate surface area is 102 Å². The van der Waals surface area contributed by atoms with Gasteiger partial charge < -0.3 is 9.84 Å². The van der Waals surface area contributed by atoms with Crippen LogP contribution in [-0.4, -0.2) is 39.5 Å². The number of phenolic OH excluding ortho intramolecular Hbond substituents is 1. The molecule has 0 aliphatic carbocycles. The molecule has 1 aromatic rings. The van der Waals surface area contributed by atoms with Gasteiger partial charge in [0, 0.05) is 19.7 Å². The highest BCUT2D eigenvalue weighted by Gasteiger charge is 2.20. The van der Waals surface area contributed by atoms with Gasteiger partial charge in [0.2, 0.25) is 10.0 Å². The number of ether oxygens (including phenoxy) is 1. The van der Waals surface area contributed by atoms with Crippen LogP contribution in [0.5, 0.6) is 5.75 Å². The van der Waals surface area contributed by atoms with Gasteiger partial charge >= 0.3 is 0 Å². The Morgan fingerprint density at radius 3 is 2.65 bits per heavy atom. The van der Waals surface area contributed by atoms with Crippen molar-refractivity contribution in [2.75, 3.05) is 30.3 Å². The zero-order chi connectivity index (χ0) is 12.9. The van der Waals surface area contributed by atoms with Gasteiger partial charge in [-0.1, -0.05) is 6.07 Å². The van der Waals surface area contributed by atoms with E-state index >= 15 is 0 Å². The van der Waals surface area contributed by atoms with Crippen molar-refractivity contribution in [3.63, 3.8) is 0 Å². The fourth-order valence-corrected chi connectivity index (χ4v) is 2.91. The summed E-state index contributed by atoms with van der Waals surface area (Å²) in [5, 5.41) is 9.35. The minimum atomic E-state index is -3.41. The van der Waals surface area contributed by atoms with Crippen LogP contribution >= 0.6 is 0 Å². The summed E-state index contributed by atoms with van der Waals surface area (Å²) in [5.41, 5.74) is 0.462. The lowest BCUT2D eigenvalue weighted by molar-refractivity contribution is 0.217. The van der Waals surface area contributed by atoms with E-state index in [1.54, 1.807) is 19.1 Å². The van der Waals surface area contributed by atoms with Gasteiger partial charge in [0.15, 0.2) is 0 Å². The normalized spacial score (nSPS) is 11.4. The lowest BCUT2D eigenvalue weighted by Gasteiger charge is -2.22. The molecule has 0 aliphatic heterocycles. The lowest BCUT2D eigenvalue weighted by atomic mass is 10.3. The molecule has 0 heterocycles. The molecule has 0 saturated carbocycles. The molecule has 0 unspecified atom stereocenters. The van der Waals surface area contributed by atoms with Gasteiger partial charge in [0.25, 0.3) is 0 Å². The number of hydrogen-bond donors (Lipinski definition) is 1. The van der Waals surface area contributed by atoms with E-state index in [0.29, 0.717) is 12.2 Å². The lowest BCUT2D eigenvalue weighted by Crippen LogP contribution is -2.34. The smallest absolute Gasteiger partial charge is 0.237 e. The number of rotatable bonds is 6. The molecule has 0 aliphatic rings. The topological polar surface area (TPSA) is 66.8 Å². The van der Waals surface area contributed by atoms with Crippen LogP contribution in [0.15, 0.2) is 24.3 Å². The Kier molecular flexibility index (Phi) is 4.77. The minimum absolute atomic E-state index is 0.0443. The highest BCUT2D eigenvalue weighted by Crippen LogP contribution is 2.22. The summed E-state index contributed by atoms with van der Waals surface area (Å²) in [7, 11) is -1.95. The van der Waals surface area contributed by atoms with Gasteiger partial charge in [0.1, 0.15) is 5.75 Å². The molecule has 0 atom stereocenters. The minimum Gasteiger partial charge on any atom is -0.508 e. The third-order valence-corrected chi connectivity index (χ3v) is 4.11. The summed E-state index contributed by atoms with van der Waals surface area (Å²) < 4.78 is 30.0. The highest BCUT2D eigenvalue weighted by molar-refractivity contribution is 7.92. The molecular formula is C11H17NO4S. The first kappa shape index (κ1) is 13.8. The Hall–Kier alpha value is -1.27. The Morgan fingerprint density at radius 2 is 2.12 bits per heavy atom. The van der Waals surface area contributed by atoms with E-state index in [1.165, 1.54) is 23.5 Å². The van der Waals surface area contributed by atoms with Crippen LogP contribution in [0.3, 0.4) is 0 Å². The molecule has 96 valence electrons. The average molecular weight is 259 g/mol. The monoisotopic (exact) mass is 259 g/mol. The number of hydrogen-bond acceptors (Lipinski definition) is 4.